The first kappa shape index (κ1) is 52.6. The molecule has 0 heterocycles. The predicted octanol–water partition coefficient (Wildman–Crippen LogP) is -1.38. The molecule has 0 aromatic heterocycles. The molecule has 0 aromatic rings. The molecule has 0 aliphatic rings. The molecule has 5 N–H and O–H groups in total. The fourth-order valence-corrected chi connectivity index (χ4v) is 3.95. The van der Waals surface area contributed by atoms with Crippen molar-refractivity contribution in [1.82, 2.24) is 16.0 Å². The topological polar surface area (TPSA) is 229 Å². The van der Waals surface area contributed by atoms with Gasteiger partial charge in [-0.3, -0.25) is 14.4 Å². The molecule has 0 atom stereocenters. The second-order valence-corrected chi connectivity index (χ2v) is 11.7. The maximum atomic E-state index is 12.6. The third-order valence-electron chi connectivity index (χ3n) is 6.70. The zero-order valence-electron chi connectivity index (χ0n) is 32.9. The van der Waals surface area contributed by atoms with Crippen LogP contribution in [0.2, 0.25) is 0 Å². The van der Waals surface area contributed by atoms with Crippen LogP contribution in [0.25, 0.3) is 0 Å². The van der Waals surface area contributed by atoms with Crippen molar-refractivity contribution >= 4 is 17.7 Å². The van der Waals surface area contributed by atoms with Gasteiger partial charge in [0.1, 0.15) is 6.61 Å². The molecule has 0 saturated heterocycles. The molecule has 0 rings (SSSR count). The highest BCUT2D eigenvalue weighted by molar-refractivity contribution is 5.77. The summed E-state index contributed by atoms with van der Waals surface area (Å²) in [7, 11) is 0. The lowest BCUT2D eigenvalue weighted by Gasteiger charge is -2.19. The highest BCUT2D eigenvalue weighted by atomic mass is 16.6. The van der Waals surface area contributed by atoms with Crippen LogP contribution in [-0.4, -0.2) is 206 Å². The van der Waals surface area contributed by atoms with Crippen LogP contribution in [0, 0.1) is 0 Å². The fraction of sp³-hybridized carbons (Fsp3) is 0.861. The van der Waals surface area contributed by atoms with Crippen LogP contribution in [0.15, 0.2) is 12.2 Å². The molecule has 55 heavy (non-hydrogen) atoms. The first-order valence-electron chi connectivity index (χ1n) is 18.9. The Labute approximate surface area is 326 Å². The highest BCUT2D eigenvalue weighted by Gasteiger charge is 2.14. The van der Waals surface area contributed by atoms with Gasteiger partial charge in [-0.05, 0) is 13.3 Å². The highest BCUT2D eigenvalue weighted by Crippen LogP contribution is 1.96. The molecule has 3 amide bonds. The summed E-state index contributed by atoms with van der Waals surface area (Å²) in [6.07, 6.45) is 1.02. The van der Waals surface area contributed by atoms with E-state index in [0.717, 1.165) is 12.0 Å². The van der Waals surface area contributed by atoms with Crippen LogP contribution >= 0.6 is 0 Å². The average molecular weight is 800 g/mol. The average Bonchev–Trinajstić information content (AvgIpc) is 3.16. The number of hydrogen-bond donors (Lipinski definition) is 5. The van der Waals surface area contributed by atoms with Crippen molar-refractivity contribution in [2.45, 2.75) is 32.2 Å². The molecule has 0 saturated carbocycles. The Balaban J connectivity index is 4.28. The maximum Gasteiger partial charge on any atom is 0.246 e. The number of hydrogen-bond acceptors (Lipinski definition) is 16. The molecule has 0 fully saturated rings. The first-order chi connectivity index (χ1) is 26.9. The van der Waals surface area contributed by atoms with Crippen LogP contribution in [0.5, 0.6) is 0 Å². The number of nitrogens with one attached hydrogen (secondary N) is 3. The lowest BCUT2D eigenvalue weighted by molar-refractivity contribution is -0.129. The number of carbonyl (C=O) groups excluding carboxylic acids is 3. The summed E-state index contributed by atoms with van der Waals surface area (Å²) in [5.41, 5.74) is 1.06. The van der Waals surface area contributed by atoms with Crippen LogP contribution in [0.4, 0.5) is 0 Å². The first-order valence-corrected chi connectivity index (χ1v) is 18.9. The Hall–Kier alpha value is -2.37. The van der Waals surface area contributed by atoms with E-state index in [1.165, 1.54) is 0 Å². The smallest absolute Gasteiger partial charge is 0.246 e. The van der Waals surface area contributed by atoms with E-state index in [2.05, 4.69) is 22.5 Å². The van der Waals surface area contributed by atoms with Crippen molar-refractivity contribution in [1.29, 1.82) is 0 Å². The maximum absolute atomic E-state index is 12.6. The van der Waals surface area contributed by atoms with Gasteiger partial charge in [-0.15, -0.1) is 6.58 Å². The summed E-state index contributed by atoms with van der Waals surface area (Å²) in [5, 5.41) is 25.6. The van der Waals surface area contributed by atoms with Crippen LogP contribution in [0.1, 0.15) is 26.2 Å². The van der Waals surface area contributed by atoms with E-state index in [4.69, 9.17) is 62.3 Å². The molecule has 0 bridgehead atoms. The number of aliphatic hydroxyl groups is 2. The summed E-state index contributed by atoms with van der Waals surface area (Å²) < 4.78 is 59.3. The molecule has 0 aliphatic carbocycles. The van der Waals surface area contributed by atoms with E-state index in [1.807, 2.05) is 6.92 Å². The number of ether oxygens (including phenoxy) is 11. The third-order valence-corrected chi connectivity index (χ3v) is 6.70. The largest absolute Gasteiger partial charge is 0.394 e. The van der Waals surface area contributed by atoms with E-state index in [1.54, 1.807) is 0 Å². The standard InChI is InChI=1S/C36H69N3O16/c1-32(2)3-10-45-17-22-52-27-28-55-31-36(44)39-33(29-53-11-4-34(42)37-6-13-46-18-23-50-25-20-48-15-8-40)30-54-12-5-35(43)38-7-14-47-19-24-51-26-21-49-16-9-41/h33,40-41H,1,3-31H2,2H3,(H,37,42)(H,38,43)(H,39,44). The lowest BCUT2D eigenvalue weighted by Crippen LogP contribution is -2.43. The van der Waals surface area contributed by atoms with Gasteiger partial charge in [-0.1, -0.05) is 5.57 Å². The Morgan fingerprint density at radius 3 is 1.20 bits per heavy atom. The summed E-state index contributed by atoms with van der Waals surface area (Å²) in [6.45, 7) is 12.9. The number of amides is 3. The molecule has 19 heteroatoms. The van der Waals surface area contributed by atoms with Crippen molar-refractivity contribution in [3.8, 4) is 0 Å². The van der Waals surface area contributed by atoms with E-state index < -0.39 is 6.04 Å². The number of rotatable bonds is 44. The molecule has 19 nitrogen and oxygen atoms in total. The molecule has 0 radical (unpaired) electrons. The van der Waals surface area contributed by atoms with Crippen molar-refractivity contribution in [2.75, 3.05) is 172 Å². The van der Waals surface area contributed by atoms with Gasteiger partial charge in [0.15, 0.2) is 0 Å². The van der Waals surface area contributed by atoms with Gasteiger partial charge in [-0.2, -0.15) is 0 Å². The Morgan fingerprint density at radius 1 is 0.455 bits per heavy atom. The number of aliphatic hydroxyl groups excluding tert-OH is 2. The normalized spacial score (nSPS) is 11.3. The van der Waals surface area contributed by atoms with Crippen LogP contribution in [0.3, 0.4) is 0 Å². The third kappa shape index (κ3) is 42.6. The second-order valence-electron chi connectivity index (χ2n) is 11.7. The van der Waals surface area contributed by atoms with Gasteiger partial charge in [0.2, 0.25) is 17.7 Å². The van der Waals surface area contributed by atoms with Gasteiger partial charge < -0.3 is 78.3 Å². The van der Waals surface area contributed by atoms with Gasteiger partial charge in [0.05, 0.1) is 158 Å². The molecule has 0 spiro atoms. The Kier molecular flexibility index (Phi) is 40.9. The summed E-state index contributed by atoms with van der Waals surface area (Å²) in [5.74, 6) is -0.800. The Bertz CT molecular complexity index is 859. The molecule has 0 aliphatic heterocycles. The minimum atomic E-state index is -0.552. The lowest BCUT2D eigenvalue weighted by atomic mass is 10.3. The predicted molar refractivity (Wildman–Crippen MR) is 200 cm³/mol. The fourth-order valence-electron chi connectivity index (χ4n) is 3.95. The van der Waals surface area contributed by atoms with Crippen LogP contribution in [-0.2, 0) is 66.5 Å². The van der Waals surface area contributed by atoms with Crippen molar-refractivity contribution < 1.29 is 76.7 Å². The second kappa shape index (κ2) is 42.8. The summed E-state index contributed by atoms with van der Waals surface area (Å²) >= 11 is 0. The molecular formula is C36H69N3O16. The SMILES string of the molecule is C=C(C)CCOCCOCCOCC(=O)NC(COCCC(=O)NCCOCCOCCOCCO)COCCC(=O)NCCOCCOCCOCCO. The zero-order valence-corrected chi connectivity index (χ0v) is 32.9. The van der Waals surface area contributed by atoms with E-state index in [-0.39, 0.29) is 96.6 Å². The molecule has 0 unspecified atom stereocenters. The van der Waals surface area contributed by atoms with E-state index >= 15 is 0 Å². The van der Waals surface area contributed by atoms with Crippen molar-refractivity contribution in [3.05, 3.63) is 12.2 Å². The van der Waals surface area contributed by atoms with Gasteiger partial charge >= 0.3 is 0 Å². The van der Waals surface area contributed by atoms with Gasteiger partial charge in [0.25, 0.3) is 0 Å². The van der Waals surface area contributed by atoms with Gasteiger partial charge in [-0.25, -0.2) is 0 Å². The van der Waals surface area contributed by atoms with Gasteiger partial charge in [0, 0.05) is 25.9 Å². The van der Waals surface area contributed by atoms with Crippen molar-refractivity contribution in [2.24, 2.45) is 0 Å². The molecule has 324 valence electrons. The zero-order chi connectivity index (χ0) is 40.3. The van der Waals surface area contributed by atoms with Crippen LogP contribution < -0.4 is 16.0 Å². The summed E-state index contributed by atoms with van der Waals surface area (Å²) in [4.78, 5) is 36.9. The summed E-state index contributed by atoms with van der Waals surface area (Å²) in [6, 6.07) is -0.552. The molecule has 0 aromatic carbocycles. The van der Waals surface area contributed by atoms with E-state index in [0.29, 0.717) is 106 Å². The minimum absolute atomic E-state index is 0.0253. The Morgan fingerprint density at radius 2 is 0.800 bits per heavy atom. The number of carbonyl (C=O) groups is 3. The molecular weight excluding hydrogens is 730 g/mol. The van der Waals surface area contributed by atoms with Crippen molar-refractivity contribution in [3.63, 3.8) is 0 Å². The van der Waals surface area contributed by atoms with E-state index in [9.17, 15) is 14.4 Å². The quantitative estimate of drug-likeness (QED) is 0.0353. The minimum Gasteiger partial charge on any atom is -0.394 e. The monoisotopic (exact) mass is 799 g/mol.